The Balaban J connectivity index is 0.000000921. The van der Waals surface area contributed by atoms with Crippen molar-refractivity contribution in [3.05, 3.63) is 0 Å². The van der Waals surface area contributed by atoms with Gasteiger partial charge >= 0.3 is 0 Å². The SMILES string of the molecule is CC.CCCC1(CCC)CCCCCC1. The minimum absolute atomic E-state index is 0.764. The molecule has 0 atom stereocenters. The van der Waals surface area contributed by atoms with Crippen molar-refractivity contribution >= 4 is 0 Å². The largest absolute Gasteiger partial charge is 0.0683 e. The van der Waals surface area contributed by atoms with Gasteiger partial charge in [-0.3, -0.25) is 0 Å². The molecular formula is C15H32. The maximum Gasteiger partial charge on any atom is -0.0298 e. The summed E-state index contributed by atoms with van der Waals surface area (Å²) in [7, 11) is 0. The molecule has 0 nitrogen and oxygen atoms in total. The van der Waals surface area contributed by atoms with Crippen LogP contribution in [0.15, 0.2) is 0 Å². The van der Waals surface area contributed by atoms with E-state index in [4.69, 9.17) is 0 Å². The highest BCUT2D eigenvalue weighted by molar-refractivity contribution is 4.80. The van der Waals surface area contributed by atoms with Crippen molar-refractivity contribution in [2.24, 2.45) is 5.41 Å². The van der Waals surface area contributed by atoms with E-state index in [1.54, 1.807) is 0 Å². The summed E-state index contributed by atoms with van der Waals surface area (Å²) >= 11 is 0. The fraction of sp³-hybridized carbons (Fsp3) is 1.00. The van der Waals surface area contributed by atoms with Crippen LogP contribution in [0.5, 0.6) is 0 Å². The zero-order valence-electron chi connectivity index (χ0n) is 11.6. The van der Waals surface area contributed by atoms with Gasteiger partial charge in [-0.1, -0.05) is 66.2 Å². The first kappa shape index (κ1) is 15.0. The molecule has 0 unspecified atom stereocenters. The normalized spacial score (nSPS) is 20.0. The van der Waals surface area contributed by atoms with Gasteiger partial charge in [-0.15, -0.1) is 0 Å². The molecule has 1 aliphatic rings. The molecule has 1 rings (SSSR count). The molecule has 0 saturated heterocycles. The zero-order valence-corrected chi connectivity index (χ0v) is 11.6. The van der Waals surface area contributed by atoms with Crippen molar-refractivity contribution in [1.29, 1.82) is 0 Å². The third kappa shape index (κ3) is 5.58. The van der Waals surface area contributed by atoms with Crippen molar-refractivity contribution in [3.8, 4) is 0 Å². The number of hydrogen-bond donors (Lipinski definition) is 0. The summed E-state index contributed by atoms with van der Waals surface area (Å²) in [5.41, 5.74) is 0.764. The first-order chi connectivity index (χ1) is 7.33. The predicted octanol–water partition coefficient (Wildman–Crippen LogP) is 5.95. The van der Waals surface area contributed by atoms with Crippen LogP contribution < -0.4 is 0 Å². The van der Waals surface area contributed by atoms with E-state index in [0.717, 1.165) is 5.41 Å². The lowest BCUT2D eigenvalue weighted by molar-refractivity contribution is 0.199. The summed E-state index contributed by atoms with van der Waals surface area (Å²) < 4.78 is 0. The van der Waals surface area contributed by atoms with E-state index in [9.17, 15) is 0 Å². The van der Waals surface area contributed by atoms with Gasteiger partial charge in [0, 0.05) is 0 Å². The van der Waals surface area contributed by atoms with E-state index in [2.05, 4.69) is 13.8 Å². The molecule has 1 saturated carbocycles. The molecule has 0 spiro atoms. The van der Waals surface area contributed by atoms with E-state index in [1.165, 1.54) is 64.2 Å². The van der Waals surface area contributed by atoms with Crippen molar-refractivity contribution in [2.75, 3.05) is 0 Å². The van der Waals surface area contributed by atoms with Gasteiger partial charge in [0.15, 0.2) is 0 Å². The van der Waals surface area contributed by atoms with Gasteiger partial charge in [0.2, 0.25) is 0 Å². The summed E-state index contributed by atoms with van der Waals surface area (Å²) in [6.07, 6.45) is 14.8. The van der Waals surface area contributed by atoms with Gasteiger partial charge in [0.25, 0.3) is 0 Å². The molecule has 0 heterocycles. The molecule has 0 heteroatoms. The van der Waals surface area contributed by atoms with Crippen LogP contribution in [0, 0.1) is 5.41 Å². The Bertz CT molecular complexity index is 110. The number of rotatable bonds is 4. The third-order valence-electron chi connectivity index (χ3n) is 3.72. The van der Waals surface area contributed by atoms with Crippen LogP contribution in [0.2, 0.25) is 0 Å². The Kier molecular flexibility index (Phi) is 9.24. The van der Waals surface area contributed by atoms with E-state index < -0.39 is 0 Å². The molecule has 0 aromatic heterocycles. The Morgan fingerprint density at radius 2 is 1.13 bits per heavy atom. The van der Waals surface area contributed by atoms with Gasteiger partial charge in [-0.05, 0) is 31.1 Å². The zero-order chi connectivity index (χ0) is 11.6. The number of hydrogen-bond acceptors (Lipinski definition) is 0. The molecule has 1 fully saturated rings. The topological polar surface area (TPSA) is 0 Å². The van der Waals surface area contributed by atoms with E-state index in [-0.39, 0.29) is 0 Å². The van der Waals surface area contributed by atoms with E-state index in [1.807, 2.05) is 13.8 Å². The van der Waals surface area contributed by atoms with E-state index in [0.29, 0.717) is 0 Å². The highest BCUT2D eigenvalue weighted by Gasteiger charge is 2.28. The smallest absolute Gasteiger partial charge is 0.0298 e. The third-order valence-corrected chi connectivity index (χ3v) is 3.72. The summed E-state index contributed by atoms with van der Waals surface area (Å²) in [4.78, 5) is 0. The second-order valence-electron chi connectivity index (χ2n) is 4.91. The molecule has 0 amide bonds. The maximum atomic E-state index is 2.35. The van der Waals surface area contributed by atoms with Gasteiger partial charge in [-0.25, -0.2) is 0 Å². The maximum absolute atomic E-state index is 2.35. The molecule has 0 aromatic carbocycles. The average Bonchev–Trinajstić information content (AvgIpc) is 2.48. The van der Waals surface area contributed by atoms with E-state index >= 15 is 0 Å². The second-order valence-corrected chi connectivity index (χ2v) is 4.91. The van der Waals surface area contributed by atoms with Gasteiger partial charge in [0.05, 0.1) is 0 Å². The van der Waals surface area contributed by atoms with Crippen molar-refractivity contribution < 1.29 is 0 Å². The highest BCUT2D eigenvalue weighted by atomic mass is 14.3. The minimum atomic E-state index is 0.764. The first-order valence-electron chi connectivity index (χ1n) is 7.33. The van der Waals surface area contributed by atoms with Crippen molar-refractivity contribution in [1.82, 2.24) is 0 Å². The molecule has 0 aliphatic heterocycles. The van der Waals surface area contributed by atoms with Crippen molar-refractivity contribution in [3.63, 3.8) is 0 Å². The van der Waals surface area contributed by atoms with Crippen LogP contribution in [-0.4, -0.2) is 0 Å². The second kappa shape index (κ2) is 9.24. The van der Waals surface area contributed by atoms with Crippen LogP contribution in [0.25, 0.3) is 0 Å². The van der Waals surface area contributed by atoms with Gasteiger partial charge < -0.3 is 0 Å². The Morgan fingerprint density at radius 3 is 1.47 bits per heavy atom. The van der Waals surface area contributed by atoms with Crippen molar-refractivity contribution in [2.45, 2.75) is 91.9 Å². The van der Waals surface area contributed by atoms with Gasteiger partial charge in [-0.2, -0.15) is 0 Å². The first-order valence-corrected chi connectivity index (χ1v) is 7.33. The molecule has 1 aliphatic carbocycles. The summed E-state index contributed by atoms with van der Waals surface area (Å²) in [5, 5.41) is 0. The van der Waals surface area contributed by atoms with Crippen LogP contribution in [0.1, 0.15) is 91.9 Å². The lowest BCUT2D eigenvalue weighted by Gasteiger charge is -2.32. The molecule has 0 aromatic rings. The summed E-state index contributed by atoms with van der Waals surface area (Å²) in [5.74, 6) is 0. The quantitative estimate of drug-likeness (QED) is 0.505. The standard InChI is InChI=1S/C13H26.C2H6/c1-3-9-13(10-4-2)11-7-5-6-8-12-13;1-2/h3-12H2,1-2H3;1-2H3. The molecule has 0 radical (unpaired) electrons. The lowest BCUT2D eigenvalue weighted by atomic mass is 9.73. The monoisotopic (exact) mass is 212 g/mol. The molecule has 15 heavy (non-hydrogen) atoms. The molecule has 92 valence electrons. The molecular weight excluding hydrogens is 180 g/mol. The predicted molar refractivity (Wildman–Crippen MR) is 71.3 cm³/mol. The Labute approximate surface area is 97.8 Å². The minimum Gasteiger partial charge on any atom is -0.0683 e. The molecule has 0 bridgehead atoms. The summed E-state index contributed by atoms with van der Waals surface area (Å²) in [6.45, 7) is 8.70. The fourth-order valence-corrected chi connectivity index (χ4v) is 3.16. The Hall–Kier alpha value is 0. The highest BCUT2D eigenvalue weighted by Crippen LogP contribution is 2.42. The molecule has 0 N–H and O–H groups in total. The van der Waals surface area contributed by atoms with Crippen LogP contribution in [0.3, 0.4) is 0 Å². The summed E-state index contributed by atoms with van der Waals surface area (Å²) in [6, 6.07) is 0. The van der Waals surface area contributed by atoms with Gasteiger partial charge in [0.1, 0.15) is 0 Å². The Morgan fingerprint density at radius 1 is 0.733 bits per heavy atom. The van der Waals surface area contributed by atoms with Crippen LogP contribution in [0.4, 0.5) is 0 Å². The van der Waals surface area contributed by atoms with Crippen LogP contribution >= 0.6 is 0 Å². The fourth-order valence-electron chi connectivity index (χ4n) is 3.16. The lowest BCUT2D eigenvalue weighted by Crippen LogP contribution is -2.19. The van der Waals surface area contributed by atoms with Crippen LogP contribution in [-0.2, 0) is 0 Å². The average molecular weight is 212 g/mol.